The first-order chi connectivity index (χ1) is 20.1. The maximum absolute atomic E-state index is 13.3. The highest BCUT2D eigenvalue weighted by molar-refractivity contribution is 6.36. The van der Waals surface area contributed by atoms with Gasteiger partial charge in [0.25, 0.3) is 5.91 Å². The first-order valence-electron chi connectivity index (χ1n) is 14.3. The van der Waals surface area contributed by atoms with Crippen molar-refractivity contribution in [1.29, 1.82) is 0 Å². The molecule has 3 aromatic carbocycles. The summed E-state index contributed by atoms with van der Waals surface area (Å²) in [5.74, 6) is 1.48. The van der Waals surface area contributed by atoms with Crippen molar-refractivity contribution in [2.45, 2.75) is 18.9 Å². The Labute approximate surface area is 239 Å². The molecule has 1 N–H and O–H groups in total. The number of fused-ring (bicyclic) bond motifs is 2. The standard InChI is InChI=1S/C33H33N3O5/c1-35(33(38)27-19-26(27)21-5-3-2-4-6-21)23-7-10-29-28(18-23)30(32(37)34-29)31-25-9-8-24(17-22(25)20-41-31)40-16-13-36-11-14-39-15-12-36/h2-10,17-18,26-27H,11-16,19-20H2,1H3,(H,34,37)/b31-30+. The minimum absolute atomic E-state index is 0.0245. The Kier molecular flexibility index (Phi) is 6.73. The summed E-state index contributed by atoms with van der Waals surface area (Å²) in [4.78, 5) is 30.5. The van der Waals surface area contributed by atoms with E-state index in [4.69, 9.17) is 14.2 Å². The molecule has 4 aliphatic rings. The highest BCUT2D eigenvalue weighted by Crippen LogP contribution is 2.49. The van der Waals surface area contributed by atoms with Crippen LogP contribution in [0.3, 0.4) is 0 Å². The molecule has 2 atom stereocenters. The van der Waals surface area contributed by atoms with Crippen LogP contribution in [0.4, 0.5) is 11.4 Å². The maximum Gasteiger partial charge on any atom is 0.260 e. The largest absolute Gasteiger partial charge is 0.492 e. The lowest BCUT2D eigenvalue weighted by Crippen LogP contribution is -2.38. The van der Waals surface area contributed by atoms with Gasteiger partial charge in [0.15, 0.2) is 0 Å². The molecule has 1 saturated heterocycles. The van der Waals surface area contributed by atoms with Crippen LogP contribution in [0.25, 0.3) is 11.3 Å². The number of amides is 2. The third kappa shape index (κ3) is 4.98. The van der Waals surface area contributed by atoms with Gasteiger partial charge in [-0.2, -0.15) is 0 Å². The van der Waals surface area contributed by atoms with Gasteiger partial charge in [-0.25, -0.2) is 0 Å². The Balaban J connectivity index is 1.09. The zero-order chi connectivity index (χ0) is 27.9. The second kappa shape index (κ2) is 10.7. The van der Waals surface area contributed by atoms with Crippen molar-refractivity contribution in [2.24, 2.45) is 5.92 Å². The fourth-order valence-electron chi connectivity index (χ4n) is 6.05. The van der Waals surface area contributed by atoms with Crippen molar-refractivity contribution in [3.8, 4) is 5.75 Å². The van der Waals surface area contributed by atoms with Crippen molar-refractivity contribution < 1.29 is 23.8 Å². The molecule has 3 heterocycles. The van der Waals surface area contributed by atoms with Crippen LogP contribution < -0.4 is 15.0 Å². The van der Waals surface area contributed by atoms with Crippen molar-refractivity contribution in [2.75, 3.05) is 56.7 Å². The lowest BCUT2D eigenvalue weighted by Gasteiger charge is -2.26. The average Bonchev–Trinajstić information content (AvgIpc) is 3.61. The summed E-state index contributed by atoms with van der Waals surface area (Å²) in [6.45, 7) is 5.24. The third-order valence-electron chi connectivity index (χ3n) is 8.50. The van der Waals surface area contributed by atoms with Gasteiger partial charge in [-0.15, -0.1) is 0 Å². The van der Waals surface area contributed by atoms with Crippen LogP contribution in [-0.2, 0) is 25.7 Å². The van der Waals surface area contributed by atoms with Crippen LogP contribution in [-0.4, -0.2) is 63.2 Å². The molecule has 1 saturated carbocycles. The van der Waals surface area contributed by atoms with Crippen LogP contribution in [0, 0.1) is 5.92 Å². The minimum Gasteiger partial charge on any atom is -0.492 e. The second-order valence-electron chi connectivity index (χ2n) is 11.1. The van der Waals surface area contributed by atoms with Gasteiger partial charge in [0, 0.05) is 60.7 Å². The highest BCUT2D eigenvalue weighted by Gasteiger charge is 2.45. The number of anilines is 2. The molecule has 41 heavy (non-hydrogen) atoms. The van der Waals surface area contributed by atoms with Crippen LogP contribution in [0.2, 0.25) is 0 Å². The number of carbonyl (C=O) groups excluding carboxylic acids is 2. The molecule has 2 unspecified atom stereocenters. The number of hydrogen-bond donors (Lipinski definition) is 1. The Morgan fingerprint density at radius 2 is 1.88 bits per heavy atom. The van der Waals surface area contributed by atoms with Gasteiger partial charge in [-0.1, -0.05) is 30.3 Å². The normalized spacial score (nSPS) is 22.9. The number of ether oxygens (including phenoxy) is 3. The molecular formula is C33H33N3O5. The fraction of sp³-hybridized carbons (Fsp3) is 0.333. The third-order valence-corrected chi connectivity index (χ3v) is 8.50. The summed E-state index contributed by atoms with van der Waals surface area (Å²) in [6.07, 6.45) is 0.858. The first-order valence-corrected chi connectivity index (χ1v) is 14.3. The number of nitrogens with zero attached hydrogens (tertiary/aromatic N) is 2. The van der Waals surface area contributed by atoms with Gasteiger partial charge in [0.2, 0.25) is 5.91 Å². The topological polar surface area (TPSA) is 80.3 Å². The molecule has 3 aromatic rings. The Hall–Kier alpha value is -4.14. The first kappa shape index (κ1) is 25.8. The smallest absolute Gasteiger partial charge is 0.260 e. The molecule has 0 aromatic heterocycles. The second-order valence-corrected chi connectivity index (χ2v) is 11.1. The zero-order valence-electron chi connectivity index (χ0n) is 23.1. The molecule has 7 rings (SSSR count). The molecule has 0 bridgehead atoms. The molecule has 3 aliphatic heterocycles. The number of nitrogens with one attached hydrogen (secondary N) is 1. The van der Waals surface area contributed by atoms with Gasteiger partial charge in [0.1, 0.15) is 24.7 Å². The molecular weight excluding hydrogens is 518 g/mol. The van der Waals surface area contributed by atoms with Gasteiger partial charge in [-0.3, -0.25) is 14.5 Å². The molecule has 8 heteroatoms. The highest BCUT2D eigenvalue weighted by atomic mass is 16.5. The van der Waals surface area contributed by atoms with E-state index in [1.165, 1.54) is 5.56 Å². The zero-order valence-corrected chi connectivity index (χ0v) is 23.1. The molecule has 2 fully saturated rings. The van der Waals surface area contributed by atoms with Crippen molar-refractivity contribution in [1.82, 2.24) is 4.90 Å². The van der Waals surface area contributed by atoms with E-state index < -0.39 is 0 Å². The van der Waals surface area contributed by atoms with Crippen molar-refractivity contribution >= 4 is 34.5 Å². The van der Waals surface area contributed by atoms with E-state index in [0.717, 1.165) is 73.1 Å². The van der Waals surface area contributed by atoms with E-state index in [1.807, 2.05) is 61.6 Å². The number of hydrogen-bond acceptors (Lipinski definition) is 6. The Bertz CT molecular complexity index is 1530. The molecule has 210 valence electrons. The fourth-order valence-corrected chi connectivity index (χ4v) is 6.05. The quantitative estimate of drug-likeness (QED) is 0.435. The molecule has 2 amide bonds. The van der Waals surface area contributed by atoms with E-state index in [2.05, 4.69) is 22.3 Å². The Morgan fingerprint density at radius 3 is 2.71 bits per heavy atom. The summed E-state index contributed by atoms with van der Waals surface area (Å²) in [7, 11) is 1.81. The monoisotopic (exact) mass is 551 g/mol. The molecule has 1 aliphatic carbocycles. The van der Waals surface area contributed by atoms with Crippen LogP contribution in [0.5, 0.6) is 5.75 Å². The predicted octanol–water partition coefficient (Wildman–Crippen LogP) is 4.51. The van der Waals surface area contributed by atoms with Crippen LogP contribution in [0.15, 0.2) is 66.7 Å². The number of rotatable bonds is 7. The number of carbonyl (C=O) groups is 2. The summed E-state index contributed by atoms with van der Waals surface area (Å²) < 4.78 is 17.5. The summed E-state index contributed by atoms with van der Waals surface area (Å²) in [5.41, 5.74) is 5.80. The molecule has 8 nitrogen and oxygen atoms in total. The van der Waals surface area contributed by atoms with Crippen LogP contribution in [0.1, 0.15) is 34.6 Å². The minimum atomic E-state index is -0.203. The van der Waals surface area contributed by atoms with E-state index in [9.17, 15) is 9.59 Å². The maximum atomic E-state index is 13.3. The SMILES string of the molecule is CN(C(=O)C1CC1c1ccccc1)c1ccc2c(c1)/C(=C1\OCc3cc(OCCN4CCOCC4)ccc31)C(=O)N2. The Morgan fingerprint density at radius 1 is 1.05 bits per heavy atom. The van der Waals surface area contributed by atoms with Gasteiger partial charge < -0.3 is 24.4 Å². The van der Waals surface area contributed by atoms with E-state index in [0.29, 0.717) is 24.5 Å². The van der Waals surface area contributed by atoms with Crippen LogP contribution >= 0.6 is 0 Å². The van der Waals surface area contributed by atoms with Crippen molar-refractivity contribution in [3.05, 3.63) is 89.0 Å². The number of benzene rings is 3. The summed E-state index contributed by atoms with van der Waals surface area (Å²) in [5, 5.41) is 2.97. The lowest BCUT2D eigenvalue weighted by atomic mass is 9.99. The average molecular weight is 552 g/mol. The van der Waals surface area contributed by atoms with Gasteiger partial charge in [-0.05, 0) is 54.3 Å². The number of morpholine rings is 1. The van der Waals surface area contributed by atoms with Gasteiger partial charge >= 0.3 is 0 Å². The predicted molar refractivity (Wildman–Crippen MR) is 157 cm³/mol. The van der Waals surface area contributed by atoms with E-state index >= 15 is 0 Å². The van der Waals surface area contributed by atoms with Gasteiger partial charge in [0.05, 0.1) is 18.8 Å². The van der Waals surface area contributed by atoms with E-state index in [-0.39, 0.29) is 23.7 Å². The lowest BCUT2D eigenvalue weighted by molar-refractivity contribution is -0.119. The molecule has 0 radical (unpaired) electrons. The summed E-state index contributed by atoms with van der Waals surface area (Å²) >= 11 is 0. The van der Waals surface area contributed by atoms with Crippen molar-refractivity contribution in [3.63, 3.8) is 0 Å². The molecule has 0 spiro atoms. The van der Waals surface area contributed by atoms with E-state index in [1.54, 1.807) is 4.90 Å². The summed E-state index contributed by atoms with van der Waals surface area (Å²) in [6, 6.07) is 21.8.